The zero-order valence-corrected chi connectivity index (χ0v) is 37.6. The monoisotopic (exact) mass is 828 g/mol. The SMILES string of the molecule is CCCCc1cccc2c3[n+](ccc12)C1(C[n+]2ccccc2-c2cc(-c4cccc(-c5cc(-c6ccccc6)cc(-c6ccccc6)c5)c4)ccc2C)C(c2ccccc2-3)C1(C)CC. The fraction of sp³-hybridized carbons (Fsp3) is 0.194. The number of rotatable bonds is 11. The fourth-order valence-corrected chi connectivity index (χ4v) is 11.6. The van der Waals surface area contributed by atoms with Gasteiger partial charge in [0.15, 0.2) is 12.4 Å². The average molecular weight is 829 g/mol. The highest BCUT2D eigenvalue weighted by molar-refractivity contribution is 5.96. The lowest BCUT2D eigenvalue weighted by Crippen LogP contribution is -2.60. The lowest BCUT2D eigenvalue weighted by Gasteiger charge is -2.23. The number of hydrogen-bond donors (Lipinski definition) is 0. The van der Waals surface area contributed by atoms with Crippen LogP contribution in [0.1, 0.15) is 62.6 Å². The third-order valence-electron chi connectivity index (χ3n) is 15.1. The molecule has 2 nitrogen and oxygen atoms in total. The van der Waals surface area contributed by atoms with Gasteiger partial charge in [0.05, 0.1) is 22.3 Å². The summed E-state index contributed by atoms with van der Waals surface area (Å²) in [5.74, 6) is 0.401. The zero-order valence-electron chi connectivity index (χ0n) is 37.6. The molecule has 1 saturated carbocycles. The Balaban J connectivity index is 1.01. The van der Waals surface area contributed by atoms with E-state index < -0.39 is 0 Å². The Morgan fingerprint density at radius 2 is 1.11 bits per heavy atom. The van der Waals surface area contributed by atoms with Crippen LogP contribution in [0.25, 0.3) is 77.8 Å². The van der Waals surface area contributed by atoms with E-state index in [1.165, 1.54) is 107 Å². The molecular formula is C62H56N2+2. The van der Waals surface area contributed by atoms with Gasteiger partial charge in [-0.05, 0) is 141 Å². The summed E-state index contributed by atoms with van der Waals surface area (Å²) in [4.78, 5) is 0. The first kappa shape index (κ1) is 39.9. The summed E-state index contributed by atoms with van der Waals surface area (Å²) in [5, 5.41) is 2.77. The Bertz CT molecular complexity index is 3140. The topological polar surface area (TPSA) is 7.76 Å². The molecule has 2 aromatic heterocycles. The van der Waals surface area contributed by atoms with Gasteiger partial charge in [-0.1, -0.05) is 149 Å². The average Bonchev–Trinajstić information content (AvgIpc) is 3.92. The summed E-state index contributed by atoms with van der Waals surface area (Å²) in [6.45, 7) is 10.4. The normalized spacial score (nSPS) is 18.3. The number of pyridine rings is 2. The molecule has 0 spiro atoms. The maximum atomic E-state index is 2.73. The second-order valence-electron chi connectivity index (χ2n) is 18.6. The molecule has 11 rings (SSSR count). The Morgan fingerprint density at radius 3 is 1.83 bits per heavy atom. The molecule has 0 N–H and O–H groups in total. The first-order chi connectivity index (χ1) is 31.4. The maximum absolute atomic E-state index is 2.73. The lowest BCUT2D eigenvalue weighted by atomic mass is 9.89. The van der Waals surface area contributed by atoms with E-state index in [1.807, 2.05) is 0 Å². The van der Waals surface area contributed by atoms with Gasteiger partial charge in [-0.15, -0.1) is 0 Å². The van der Waals surface area contributed by atoms with E-state index in [0.717, 1.165) is 19.4 Å². The van der Waals surface area contributed by atoms with Crippen LogP contribution in [0.2, 0.25) is 0 Å². The molecule has 0 radical (unpaired) electrons. The van der Waals surface area contributed by atoms with Gasteiger partial charge in [-0.25, -0.2) is 0 Å². The number of unbranched alkanes of at least 4 members (excludes halogenated alkanes) is 1. The molecule has 64 heavy (non-hydrogen) atoms. The van der Waals surface area contributed by atoms with Crippen molar-refractivity contribution in [1.29, 1.82) is 0 Å². The van der Waals surface area contributed by atoms with Gasteiger partial charge < -0.3 is 0 Å². The molecule has 1 aliphatic heterocycles. The van der Waals surface area contributed by atoms with Crippen LogP contribution in [0.5, 0.6) is 0 Å². The van der Waals surface area contributed by atoms with Crippen molar-refractivity contribution in [2.45, 2.75) is 71.4 Å². The molecule has 2 aliphatic rings. The van der Waals surface area contributed by atoms with E-state index >= 15 is 0 Å². The van der Waals surface area contributed by atoms with E-state index in [2.05, 4.69) is 237 Å². The summed E-state index contributed by atoms with van der Waals surface area (Å²) in [7, 11) is 0. The number of hydrogen-bond acceptors (Lipinski definition) is 0. The molecule has 3 unspecified atom stereocenters. The van der Waals surface area contributed by atoms with Gasteiger partial charge in [0.2, 0.25) is 23.5 Å². The number of fused-ring (bicyclic) bond motifs is 8. The van der Waals surface area contributed by atoms with E-state index in [9.17, 15) is 0 Å². The molecule has 3 heterocycles. The van der Waals surface area contributed by atoms with Crippen LogP contribution in [-0.4, -0.2) is 0 Å². The molecule has 312 valence electrons. The minimum atomic E-state index is -0.132. The number of benzene rings is 7. The van der Waals surface area contributed by atoms with Crippen molar-refractivity contribution < 1.29 is 9.13 Å². The van der Waals surface area contributed by atoms with Crippen molar-refractivity contribution in [3.8, 4) is 67.0 Å². The lowest BCUT2D eigenvalue weighted by molar-refractivity contribution is -0.808. The van der Waals surface area contributed by atoms with E-state index in [-0.39, 0.29) is 11.0 Å². The summed E-state index contributed by atoms with van der Waals surface area (Å²) in [5.41, 5.74) is 19.2. The quantitative estimate of drug-likeness (QED) is 0.115. The van der Waals surface area contributed by atoms with Crippen molar-refractivity contribution in [2.24, 2.45) is 5.41 Å². The Morgan fingerprint density at radius 1 is 0.500 bits per heavy atom. The molecule has 1 aliphatic carbocycles. The van der Waals surface area contributed by atoms with Crippen molar-refractivity contribution >= 4 is 10.8 Å². The third kappa shape index (κ3) is 6.45. The smallest absolute Gasteiger partial charge is 0.191 e. The molecule has 2 heteroatoms. The van der Waals surface area contributed by atoms with Crippen molar-refractivity contribution in [3.05, 3.63) is 217 Å². The van der Waals surface area contributed by atoms with Crippen molar-refractivity contribution in [1.82, 2.24) is 0 Å². The highest BCUT2D eigenvalue weighted by Crippen LogP contribution is 2.74. The summed E-state index contributed by atoms with van der Waals surface area (Å²) in [6.07, 6.45) is 9.40. The number of nitrogens with zero attached hydrogens (tertiary/aromatic N) is 2. The number of aromatic nitrogens is 2. The van der Waals surface area contributed by atoms with Crippen LogP contribution in [-0.2, 0) is 18.5 Å². The first-order valence-corrected chi connectivity index (χ1v) is 23.4. The Kier molecular flexibility index (Phi) is 9.99. The van der Waals surface area contributed by atoms with E-state index in [4.69, 9.17) is 0 Å². The second kappa shape index (κ2) is 16.0. The van der Waals surface area contributed by atoms with Crippen LogP contribution in [0, 0.1) is 12.3 Å². The van der Waals surface area contributed by atoms with Crippen LogP contribution in [0.3, 0.4) is 0 Å². The van der Waals surface area contributed by atoms with Crippen molar-refractivity contribution in [3.63, 3.8) is 0 Å². The number of aryl methyl sites for hydroxylation is 2. The molecule has 0 amide bonds. The van der Waals surface area contributed by atoms with Gasteiger partial charge in [0, 0.05) is 23.8 Å². The Hall–Kier alpha value is -6.90. The van der Waals surface area contributed by atoms with Gasteiger partial charge in [0.25, 0.3) is 0 Å². The highest BCUT2D eigenvalue weighted by Gasteiger charge is 2.85. The van der Waals surface area contributed by atoms with E-state index in [0.29, 0.717) is 5.92 Å². The minimum absolute atomic E-state index is 0.0716. The van der Waals surface area contributed by atoms with Gasteiger partial charge in [0.1, 0.15) is 0 Å². The second-order valence-corrected chi connectivity index (χ2v) is 18.6. The highest BCUT2D eigenvalue weighted by atomic mass is 15.2. The summed E-state index contributed by atoms with van der Waals surface area (Å²) < 4.78 is 5.30. The third-order valence-corrected chi connectivity index (χ3v) is 15.1. The summed E-state index contributed by atoms with van der Waals surface area (Å²) in [6, 6.07) is 70.2. The standard InChI is InChI=1S/C62H56N2/c1-5-7-20-46-25-19-30-54-53(46)34-36-64-59(54)55-28-14-15-29-56(55)60-61(4,6-2)62(60,64)42-63-35-17-16-31-58(63)57-41-49(33-32-43(57)3)47-26-18-27-48(37-47)52-39-50(44-21-10-8-11-22-44)38-51(40-52)45-23-12-9-13-24-45/h8-19,21-41,60H,5-7,20,42H2,1-4H3/q+2. The largest absolute Gasteiger partial charge is 0.239 e. The minimum Gasteiger partial charge on any atom is -0.191 e. The molecular weight excluding hydrogens is 773 g/mol. The van der Waals surface area contributed by atoms with Crippen LogP contribution >= 0.6 is 0 Å². The molecule has 1 fully saturated rings. The first-order valence-electron chi connectivity index (χ1n) is 23.4. The zero-order chi connectivity index (χ0) is 43.4. The summed E-state index contributed by atoms with van der Waals surface area (Å²) >= 11 is 0. The molecule has 0 saturated heterocycles. The van der Waals surface area contributed by atoms with Crippen LogP contribution in [0.15, 0.2) is 200 Å². The van der Waals surface area contributed by atoms with Crippen LogP contribution in [0.4, 0.5) is 0 Å². The Labute approximate surface area is 379 Å². The molecule has 0 bridgehead atoms. The predicted octanol–water partition coefficient (Wildman–Crippen LogP) is 15.0. The van der Waals surface area contributed by atoms with Gasteiger partial charge in [-0.3, -0.25) is 0 Å². The predicted molar refractivity (Wildman–Crippen MR) is 266 cm³/mol. The fourth-order valence-electron chi connectivity index (χ4n) is 11.6. The molecule has 9 aromatic rings. The van der Waals surface area contributed by atoms with Gasteiger partial charge >= 0.3 is 0 Å². The van der Waals surface area contributed by atoms with Crippen LogP contribution < -0.4 is 9.13 Å². The van der Waals surface area contributed by atoms with Gasteiger partial charge in [-0.2, -0.15) is 9.13 Å². The molecule has 7 aromatic carbocycles. The maximum Gasteiger partial charge on any atom is 0.239 e. The van der Waals surface area contributed by atoms with Crippen molar-refractivity contribution in [2.75, 3.05) is 0 Å². The van der Waals surface area contributed by atoms with E-state index in [1.54, 1.807) is 0 Å². The molecule has 3 atom stereocenters.